The van der Waals surface area contributed by atoms with E-state index in [9.17, 15) is 19.5 Å². The van der Waals surface area contributed by atoms with E-state index in [0.29, 0.717) is 6.54 Å². The molecule has 0 saturated carbocycles. The lowest BCUT2D eigenvalue weighted by molar-refractivity contribution is -0.157. The zero-order valence-corrected chi connectivity index (χ0v) is 11.9. The van der Waals surface area contributed by atoms with E-state index in [1.165, 1.54) is 9.80 Å². The summed E-state index contributed by atoms with van der Waals surface area (Å²) in [5.74, 6) is -2.03. The number of aliphatic carboxylic acids is 1. The van der Waals surface area contributed by atoms with Crippen molar-refractivity contribution in [3.8, 4) is 0 Å². The van der Waals surface area contributed by atoms with Crippen molar-refractivity contribution in [2.75, 3.05) is 20.1 Å². The minimum atomic E-state index is -0.909. The largest absolute Gasteiger partial charge is 0.481 e. The number of nitrogens with zero attached hydrogens (tertiary/aromatic N) is 2. The molecule has 0 aromatic rings. The molecule has 0 aromatic heterocycles. The normalized spacial score (nSPS) is 27.3. The molecule has 19 heavy (non-hydrogen) atoms. The number of carbonyl (C=O) groups is 3. The Labute approximate surface area is 113 Å². The number of likely N-dealkylation sites (tertiary alicyclic amines) is 1. The van der Waals surface area contributed by atoms with Gasteiger partial charge in [-0.1, -0.05) is 6.92 Å². The molecule has 0 bridgehead atoms. The van der Waals surface area contributed by atoms with Gasteiger partial charge in [-0.25, -0.2) is 0 Å². The third kappa shape index (κ3) is 3.24. The average molecular weight is 270 g/mol. The second kappa shape index (κ2) is 6.04. The van der Waals surface area contributed by atoms with Crippen molar-refractivity contribution in [2.24, 2.45) is 11.8 Å². The van der Waals surface area contributed by atoms with Crippen molar-refractivity contribution in [3.63, 3.8) is 0 Å². The first kappa shape index (κ1) is 15.5. The lowest BCUT2D eigenvalue weighted by atomic mass is 9.81. The van der Waals surface area contributed by atoms with Crippen molar-refractivity contribution in [1.29, 1.82) is 0 Å². The molecule has 1 N–H and O–H groups in total. The van der Waals surface area contributed by atoms with Gasteiger partial charge in [0.05, 0.1) is 5.92 Å². The zero-order valence-electron chi connectivity index (χ0n) is 11.9. The molecule has 6 heteroatoms. The van der Waals surface area contributed by atoms with Crippen LogP contribution in [0, 0.1) is 11.8 Å². The molecule has 0 radical (unpaired) electrons. The minimum Gasteiger partial charge on any atom is -0.481 e. The van der Waals surface area contributed by atoms with E-state index in [1.54, 1.807) is 20.9 Å². The summed E-state index contributed by atoms with van der Waals surface area (Å²) in [7, 11) is 1.67. The van der Waals surface area contributed by atoms with Gasteiger partial charge in [0.2, 0.25) is 11.8 Å². The predicted molar refractivity (Wildman–Crippen MR) is 69.4 cm³/mol. The van der Waals surface area contributed by atoms with Crippen LogP contribution in [0.1, 0.15) is 27.2 Å². The molecule has 1 rings (SSSR count). The summed E-state index contributed by atoms with van der Waals surface area (Å²) >= 11 is 0. The summed E-state index contributed by atoms with van der Waals surface area (Å²) in [6.07, 6.45) is 0.185. The zero-order chi connectivity index (χ0) is 14.7. The number of carboxylic acid groups (broad SMARTS) is 1. The molecule has 108 valence electrons. The minimum absolute atomic E-state index is 0.0408. The topological polar surface area (TPSA) is 77.9 Å². The molecule has 0 aliphatic carbocycles. The van der Waals surface area contributed by atoms with Crippen LogP contribution in [-0.2, 0) is 14.4 Å². The van der Waals surface area contributed by atoms with Crippen molar-refractivity contribution in [3.05, 3.63) is 0 Å². The molecule has 3 atom stereocenters. The molecule has 6 nitrogen and oxygen atoms in total. The molecule has 0 aromatic carbocycles. The van der Waals surface area contributed by atoms with E-state index < -0.39 is 17.9 Å². The summed E-state index contributed by atoms with van der Waals surface area (Å²) in [5.41, 5.74) is 0. The number of rotatable bonds is 4. The molecule has 1 saturated heterocycles. The van der Waals surface area contributed by atoms with Gasteiger partial charge in [-0.2, -0.15) is 0 Å². The van der Waals surface area contributed by atoms with Gasteiger partial charge in [0.15, 0.2) is 0 Å². The second-order valence-electron chi connectivity index (χ2n) is 5.22. The number of carboxylic acids is 1. The first-order valence-corrected chi connectivity index (χ1v) is 6.55. The molecule has 1 aliphatic rings. The second-order valence-corrected chi connectivity index (χ2v) is 5.22. The first-order valence-electron chi connectivity index (χ1n) is 6.55. The quantitative estimate of drug-likeness (QED) is 0.803. The van der Waals surface area contributed by atoms with Crippen LogP contribution in [0.3, 0.4) is 0 Å². The van der Waals surface area contributed by atoms with Crippen LogP contribution < -0.4 is 0 Å². The van der Waals surface area contributed by atoms with Crippen LogP contribution in [0.15, 0.2) is 0 Å². The third-order valence-corrected chi connectivity index (χ3v) is 3.93. The van der Waals surface area contributed by atoms with E-state index in [4.69, 9.17) is 0 Å². The Morgan fingerprint density at radius 2 is 2.00 bits per heavy atom. The van der Waals surface area contributed by atoms with Gasteiger partial charge < -0.3 is 14.9 Å². The predicted octanol–water partition coefficient (Wildman–Crippen LogP) is 0.422. The van der Waals surface area contributed by atoms with Crippen molar-refractivity contribution in [1.82, 2.24) is 9.80 Å². The molecule has 1 fully saturated rings. The Morgan fingerprint density at radius 1 is 1.42 bits per heavy atom. The van der Waals surface area contributed by atoms with E-state index in [0.717, 1.165) is 0 Å². The maximum Gasteiger partial charge on any atom is 0.308 e. The number of carbonyl (C=O) groups excluding carboxylic acids is 2. The van der Waals surface area contributed by atoms with E-state index in [-0.39, 0.29) is 30.7 Å². The molecular weight excluding hydrogens is 248 g/mol. The molecule has 0 spiro atoms. The number of amides is 2. The maximum absolute atomic E-state index is 12.0. The first-order chi connectivity index (χ1) is 8.79. The molecule has 3 unspecified atom stereocenters. The van der Waals surface area contributed by atoms with Crippen LogP contribution in [-0.4, -0.2) is 58.9 Å². The van der Waals surface area contributed by atoms with Crippen molar-refractivity contribution >= 4 is 17.8 Å². The lowest BCUT2D eigenvalue weighted by Crippen LogP contribution is -2.55. The van der Waals surface area contributed by atoms with Gasteiger partial charge in [0.25, 0.3) is 0 Å². The standard InChI is InChI=1S/C13H22N2O4/c1-5-14(4)11(17)7-15-9(3)12(13(18)19)8(2)6-10(15)16/h8-9,12H,5-7H2,1-4H3,(H,18,19). The fourth-order valence-corrected chi connectivity index (χ4v) is 2.54. The smallest absolute Gasteiger partial charge is 0.308 e. The summed E-state index contributed by atoms with van der Waals surface area (Å²) < 4.78 is 0. The van der Waals surface area contributed by atoms with Gasteiger partial charge in [-0.05, 0) is 19.8 Å². The Morgan fingerprint density at radius 3 is 2.47 bits per heavy atom. The van der Waals surface area contributed by atoms with Crippen molar-refractivity contribution < 1.29 is 19.5 Å². The summed E-state index contributed by atoms with van der Waals surface area (Å²) in [4.78, 5) is 38.1. The lowest BCUT2D eigenvalue weighted by Gasteiger charge is -2.40. The number of piperidine rings is 1. The van der Waals surface area contributed by atoms with Crippen LogP contribution in [0.25, 0.3) is 0 Å². The molecule has 1 aliphatic heterocycles. The summed E-state index contributed by atoms with van der Waals surface area (Å²) in [6, 6.07) is -0.456. The highest BCUT2D eigenvalue weighted by atomic mass is 16.4. The number of hydrogen-bond donors (Lipinski definition) is 1. The van der Waals surface area contributed by atoms with E-state index in [2.05, 4.69) is 0 Å². The molecular formula is C13H22N2O4. The number of hydrogen-bond acceptors (Lipinski definition) is 3. The van der Waals surface area contributed by atoms with E-state index >= 15 is 0 Å². The van der Waals surface area contributed by atoms with Gasteiger partial charge in [0.1, 0.15) is 6.54 Å². The van der Waals surface area contributed by atoms with Gasteiger partial charge in [0, 0.05) is 26.1 Å². The SMILES string of the molecule is CCN(C)C(=O)CN1C(=O)CC(C)C(C(=O)O)C1C. The van der Waals surface area contributed by atoms with E-state index in [1.807, 2.05) is 6.92 Å². The molecule has 1 heterocycles. The Bertz CT molecular complexity index is 383. The van der Waals surface area contributed by atoms with Crippen LogP contribution in [0.5, 0.6) is 0 Å². The van der Waals surface area contributed by atoms with Gasteiger partial charge in [-0.15, -0.1) is 0 Å². The monoisotopic (exact) mass is 270 g/mol. The average Bonchev–Trinajstić information content (AvgIpc) is 2.32. The fraction of sp³-hybridized carbons (Fsp3) is 0.769. The Hall–Kier alpha value is -1.59. The van der Waals surface area contributed by atoms with Gasteiger partial charge >= 0.3 is 5.97 Å². The van der Waals surface area contributed by atoms with Crippen molar-refractivity contribution in [2.45, 2.75) is 33.2 Å². The summed E-state index contributed by atoms with van der Waals surface area (Å²) in [6.45, 7) is 5.84. The number of likely N-dealkylation sites (N-methyl/N-ethyl adjacent to an activating group) is 1. The Kier molecular flexibility index (Phi) is 4.91. The summed E-state index contributed by atoms with van der Waals surface area (Å²) in [5, 5.41) is 9.24. The van der Waals surface area contributed by atoms with Crippen LogP contribution >= 0.6 is 0 Å². The van der Waals surface area contributed by atoms with Crippen LogP contribution in [0.2, 0.25) is 0 Å². The Balaban J connectivity index is 2.84. The third-order valence-electron chi connectivity index (χ3n) is 3.93. The fourth-order valence-electron chi connectivity index (χ4n) is 2.54. The van der Waals surface area contributed by atoms with Gasteiger partial charge in [-0.3, -0.25) is 14.4 Å². The highest BCUT2D eigenvalue weighted by molar-refractivity contribution is 5.87. The highest BCUT2D eigenvalue weighted by Gasteiger charge is 2.42. The maximum atomic E-state index is 12.0. The van der Waals surface area contributed by atoms with Crippen LogP contribution in [0.4, 0.5) is 0 Å². The molecule has 2 amide bonds. The highest BCUT2D eigenvalue weighted by Crippen LogP contribution is 2.29.